The first-order valence-corrected chi connectivity index (χ1v) is 5.74. The zero-order chi connectivity index (χ0) is 11.4. The van der Waals surface area contributed by atoms with E-state index in [2.05, 4.69) is 15.9 Å². The molecule has 0 aliphatic heterocycles. The van der Waals surface area contributed by atoms with E-state index < -0.39 is 11.8 Å². The molecule has 0 aromatic heterocycles. The summed E-state index contributed by atoms with van der Waals surface area (Å²) in [4.78, 5) is 11.4. The Bertz CT molecular complexity index is 377. The van der Waals surface area contributed by atoms with Gasteiger partial charge in [-0.05, 0) is 31.0 Å². The summed E-state index contributed by atoms with van der Waals surface area (Å²) in [6, 6.07) is 3.20. The summed E-state index contributed by atoms with van der Waals surface area (Å²) in [7, 11) is 0. The highest BCUT2D eigenvalue weighted by atomic mass is 79.9. The monoisotopic (exact) mass is 274 g/mol. The third-order valence-corrected chi connectivity index (χ3v) is 2.54. The van der Waals surface area contributed by atoms with E-state index in [1.807, 2.05) is 6.92 Å². The van der Waals surface area contributed by atoms with Crippen LogP contribution in [0.3, 0.4) is 0 Å². The fourth-order valence-electron chi connectivity index (χ4n) is 1.30. The molecule has 2 nitrogen and oxygen atoms in total. The van der Waals surface area contributed by atoms with Crippen LogP contribution in [0.15, 0.2) is 12.1 Å². The number of aryl methyl sites for hydroxylation is 1. The van der Waals surface area contributed by atoms with Crippen molar-refractivity contribution < 1.29 is 13.9 Å². The molecule has 1 aromatic carbocycles. The molecule has 0 saturated heterocycles. The summed E-state index contributed by atoms with van der Waals surface area (Å²) in [6.07, 6.45) is 0. The number of hydrogen-bond acceptors (Lipinski definition) is 2. The second kappa shape index (κ2) is 5.26. The van der Waals surface area contributed by atoms with Crippen LogP contribution >= 0.6 is 15.9 Å². The highest BCUT2D eigenvalue weighted by molar-refractivity contribution is 9.08. The van der Waals surface area contributed by atoms with E-state index in [-0.39, 0.29) is 12.2 Å². The number of rotatable bonds is 3. The summed E-state index contributed by atoms with van der Waals surface area (Å²) in [5.74, 6) is -1.11. The van der Waals surface area contributed by atoms with E-state index in [0.717, 1.165) is 5.56 Å². The third kappa shape index (κ3) is 2.78. The Morgan fingerprint density at radius 2 is 2.20 bits per heavy atom. The van der Waals surface area contributed by atoms with Gasteiger partial charge in [-0.1, -0.05) is 22.0 Å². The van der Waals surface area contributed by atoms with Crippen LogP contribution in [-0.4, -0.2) is 12.6 Å². The molecule has 15 heavy (non-hydrogen) atoms. The molecule has 0 spiro atoms. The highest BCUT2D eigenvalue weighted by Gasteiger charge is 2.16. The molecular weight excluding hydrogens is 263 g/mol. The smallest absolute Gasteiger partial charge is 0.341 e. The standard InChI is InChI=1S/C11H12BrFO2/c1-3-15-11(14)9-5-7(2)4-8(6-12)10(9)13/h4-5H,3,6H2,1-2H3. The largest absolute Gasteiger partial charge is 0.462 e. The molecular formula is C11H12BrFO2. The average Bonchev–Trinajstić information content (AvgIpc) is 2.21. The Hall–Kier alpha value is -0.900. The maximum Gasteiger partial charge on any atom is 0.341 e. The number of ether oxygens (including phenoxy) is 1. The van der Waals surface area contributed by atoms with E-state index in [9.17, 15) is 9.18 Å². The van der Waals surface area contributed by atoms with Gasteiger partial charge in [0.2, 0.25) is 0 Å². The van der Waals surface area contributed by atoms with Crippen LogP contribution in [-0.2, 0) is 10.1 Å². The van der Waals surface area contributed by atoms with Gasteiger partial charge in [-0.3, -0.25) is 0 Å². The van der Waals surface area contributed by atoms with Crippen LogP contribution in [0.25, 0.3) is 0 Å². The predicted octanol–water partition coefficient (Wildman–Crippen LogP) is 3.21. The first-order valence-electron chi connectivity index (χ1n) is 4.62. The van der Waals surface area contributed by atoms with Crippen molar-refractivity contribution in [2.75, 3.05) is 6.61 Å². The minimum Gasteiger partial charge on any atom is -0.462 e. The fraction of sp³-hybridized carbons (Fsp3) is 0.364. The lowest BCUT2D eigenvalue weighted by Crippen LogP contribution is -2.09. The van der Waals surface area contributed by atoms with Gasteiger partial charge in [0.15, 0.2) is 0 Å². The van der Waals surface area contributed by atoms with Gasteiger partial charge in [0.1, 0.15) is 5.82 Å². The zero-order valence-corrected chi connectivity index (χ0v) is 10.2. The number of carbonyl (C=O) groups is 1. The van der Waals surface area contributed by atoms with Crippen molar-refractivity contribution in [3.8, 4) is 0 Å². The summed E-state index contributed by atoms with van der Waals surface area (Å²) < 4.78 is 18.5. The number of carbonyl (C=O) groups excluding carboxylic acids is 1. The summed E-state index contributed by atoms with van der Waals surface area (Å²) in [6.45, 7) is 3.75. The van der Waals surface area contributed by atoms with E-state index in [1.54, 1.807) is 13.0 Å². The molecule has 0 radical (unpaired) electrons. The summed E-state index contributed by atoms with van der Waals surface area (Å²) in [5, 5.41) is 0.382. The lowest BCUT2D eigenvalue weighted by Gasteiger charge is -2.07. The molecule has 0 saturated carbocycles. The van der Waals surface area contributed by atoms with Gasteiger partial charge in [0.25, 0.3) is 0 Å². The van der Waals surface area contributed by atoms with E-state index in [0.29, 0.717) is 10.9 Å². The number of alkyl halides is 1. The summed E-state index contributed by atoms with van der Waals surface area (Å²) >= 11 is 3.17. The van der Waals surface area contributed by atoms with Gasteiger partial charge in [-0.2, -0.15) is 0 Å². The quantitative estimate of drug-likeness (QED) is 0.625. The molecule has 0 unspecified atom stereocenters. The molecule has 0 aliphatic rings. The van der Waals surface area contributed by atoms with Gasteiger partial charge >= 0.3 is 5.97 Å². The van der Waals surface area contributed by atoms with Crippen molar-refractivity contribution in [2.45, 2.75) is 19.2 Å². The van der Waals surface area contributed by atoms with Gasteiger partial charge in [-0.25, -0.2) is 9.18 Å². The average molecular weight is 275 g/mol. The van der Waals surface area contributed by atoms with Gasteiger partial charge in [0.05, 0.1) is 12.2 Å². The van der Waals surface area contributed by atoms with Crippen LogP contribution < -0.4 is 0 Å². The Kier molecular flexibility index (Phi) is 4.27. The molecule has 0 fully saturated rings. The maximum absolute atomic E-state index is 13.7. The molecule has 1 rings (SSSR count). The third-order valence-electron chi connectivity index (χ3n) is 1.93. The van der Waals surface area contributed by atoms with Crippen molar-refractivity contribution in [2.24, 2.45) is 0 Å². The van der Waals surface area contributed by atoms with E-state index >= 15 is 0 Å². The van der Waals surface area contributed by atoms with E-state index in [4.69, 9.17) is 4.74 Å². The molecule has 0 N–H and O–H groups in total. The first-order chi connectivity index (χ1) is 7.10. The van der Waals surface area contributed by atoms with Gasteiger partial charge in [0, 0.05) is 5.33 Å². The molecule has 82 valence electrons. The molecule has 1 aromatic rings. The van der Waals surface area contributed by atoms with Crippen molar-refractivity contribution >= 4 is 21.9 Å². The van der Waals surface area contributed by atoms with Crippen molar-refractivity contribution in [3.05, 3.63) is 34.6 Å². The maximum atomic E-state index is 13.7. The van der Waals surface area contributed by atoms with Gasteiger partial charge < -0.3 is 4.74 Å². The molecule has 4 heteroatoms. The number of halogens is 2. The second-order valence-electron chi connectivity index (χ2n) is 3.14. The van der Waals surface area contributed by atoms with Crippen LogP contribution in [0.1, 0.15) is 28.4 Å². The Morgan fingerprint density at radius 3 is 2.73 bits per heavy atom. The second-order valence-corrected chi connectivity index (χ2v) is 3.70. The lowest BCUT2D eigenvalue weighted by atomic mass is 10.1. The SMILES string of the molecule is CCOC(=O)c1cc(C)cc(CBr)c1F. The molecule has 0 amide bonds. The highest BCUT2D eigenvalue weighted by Crippen LogP contribution is 2.19. The van der Waals surface area contributed by atoms with Gasteiger partial charge in [-0.15, -0.1) is 0 Å². The number of benzene rings is 1. The van der Waals surface area contributed by atoms with Crippen LogP contribution in [0.2, 0.25) is 0 Å². The fourth-order valence-corrected chi connectivity index (χ4v) is 1.71. The molecule has 0 aliphatic carbocycles. The number of hydrogen-bond donors (Lipinski definition) is 0. The molecule has 0 heterocycles. The zero-order valence-electron chi connectivity index (χ0n) is 8.64. The first kappa shape index (κ1) is 12.2. The molecule has 0 atom stereocenters. The van der Waals surface area contributed by atoms with Crippen molar-refractivity contribution in [1.29, 1.82) is 0 Å². The predicted molar refractivity (Wildman–Crippen MR) is 59.7 cm³/mol. The minimum atomic E-state index is -0.610. The normalized spacial score (nSPS) is 10.1. The minimum absolute atomic E-state index is 0.00583. The van der Waals surface area contributed by atoms with Crippen molar-refractivity contribution in [1.82, 2.24) is 0 Å². The van der Waals surface area contributed by atoms with Crippen LogP contribution in [0.4, 0.5) is 4.39 Å². The van der Waals surface area contributed by atoms with Crippen LogP contribution in [0.5, 0.6) is 0 Å². The number of esters is 1. The topological polar surface area (TPSA) is 26.3 Å². The lowest BCUT2D eigenvalue weighted by molar-refractivity contribution is 0.0520. The van der Waals surface area contributed by atoms with Crippen molar-refractivity contribution in [3.63, 3.8) is 0 Å². The molecule has 0 bridgehead atoms. The Labute approximate surface area is 96.6 Å². The van der Waals surface area contributed by atoms with E-state index in [1.165, 1.54) is 6.07 Å². The Balaban J connectivity index is 3.17. The summed E-state index contributed by atoms with van der Waals surface area (Å²) in [5.41, 5.74) is 1.32. The Morgan fingerprint density at radius 1 is 1.53 bits per heavy atom. The van der Waals surface area contributed by atoms with Crippen LogP contribution in [0, 0.1) is 12.7 Å².